The molecule has 2 bridgehead atoms. The van der Waals surface area contributed by atoms with Gasteiger partial charge in [-0.15, -0.1) is 0 Å². The minimum Gasteiger partial charge on any atom is -0.439 e. The number of carbonyl (C=O) groups excluding carboxylic acids is 5. The van der Waals surface area contributed by atoms with Gasteiger partial charge in [-0.2, -0.15) is 0 Å². The quantitative estimate of drug-likeness (QED) is 0.370. The fourth-order valence-electron chi connectivity index (χ4n) is 3.89. The largest absolute Gasteiger partial charge is 0.439 e. The van der Waals surface area contributed by atoms with Crippen molar-refractivity contribution in [3.05, 3.63) is 58.5 Å². The maximum atomic E-state index is 13.0. The van der Waals surface area contributed by atoms with Crippen molar-refractivity contribution < 1.29 is 38.2 Å². The molecule has 0 unspecified atom stereocenters. The normalized spacial score (nSPS) is 28.4. The molecule has 5 N–H and O–H groups in total. The van der Waals surface area contributed by atoms with Gasteiger partial charge in [0.2, 0.25) is 11.6 Å². The Morgan fingerprint density at radius 3 is 2.43 bits per heavy atom. The minimum absolute atomic E-state index is 0.0182. The van der Waals surface area contributed by atoms with E-state index in [9.17, 15) is 24.0 Å². The van der Waals surface area contributed by atoms with Crippen molar-refractivity contribution in [2.75, 3.05) is 14.2 Å². The number of ether oxygens (including phenoxy) is 3. The van der Waals surface area contributed by atoms with Gasteiger partial charge < -0.3 is 31.0 Å². The summed E-state index contributed by atoms with van der Waals surface area (Å²) in [4.78, 5) is 62.3. The first-order valence-corrected chi connectivity index (χ1v) is 11.7. The van der Waals surface area contributed by atoms with Gasteiger partial charge in [0.25, 0.3) is 5.91 Å². The first-order chi connectivity index (χ1) is 17.5. The number of carbonyl (C=O) groups is 5. The van der Waals surface area contributed by atoms with Crippen LogP contribution >= 0.6 is 0 Å². The van der Waals surface area contributed by atoms with Gasteiger partial charge in [0.15, 0.2) is 11.9 Å². The van der Waals surface area contributed by atoms with Crippen LogP contribution in [0.3, 0.4) is 0 Å². The van der Waals surface area contributed by atoms with Crippen LogP contribution in [0.5, 0.6) is 0 Å². The van der Waals surface area contributed by atoms with Gasteiger partial charge in [-0.3, -0.25) is 19.2 Å². The Balaban J connectivity index is 2.48. The maximum Gasteiger partial charge on any atom is 0.405 e. The van der Waals surface area contributed by atoms with Gasteiger partial charge in [-0.1, -0.05) is 24.3 Å². The summed E-state index contributed by atoms with van der Waals surface area (Å²) in [6, 6.07) is 0. The highest BCUT2D eigenvalue weighted by Crippen LogP contribution is 2.22. The van der Waals surface area contributed by atoms with Gasteiger partial charge in [0.1, 0.15) is 12.2 Å². The van der Waals surface area contributed by atoms with E-state index in [1.165, 1.54) is 33.3 Å². The van der Waals surface area contributed by atoms with Crippen LogP contribution in [-0.4, -0.2) is 61.9 Å². The molecule has 0 aromatic heterocycles. The second kappa shape index (κ2) is 13.5. The number of hydrogen-bond donors (Lipinski definition) is 3. The Kier molecular flexibility index (Phi) is 10.7. The van der Waals surface area contributed by atoms with Crippen molar-refractivity contribution in [3.8, 4) is 0 Å². The third-order valence-corrected chi connectivity index (χ3v) is 6.06. The van der Waals surface area contributed by atoms with E-state index in [1.54, 1.807) is 19.1 Å². The van der Waals surface area contributed by atoms with Gasteiger partial charge in [0, 0.05) is 37.9 Å². The number of fused-ring (bicyclic) bond motifs is 2. The Morgan fingerprint density at radius 1 is 1.11 bits per heavy atom. The summed E-state index contributed by atoms with van der Waals surface area (Å²) in [5.74, 6) is -1.98. The molecule has 0 saturated heterocycles. The Labute approximate surface area is 215 Å². The summed E-state index contributed by atoms with van der Waals surface area (Å²) in [7, 11) is 2.80. The zero-order valence-electron chi connectivity index (χ0n) is 21.4. The third kappa shape index (κ3) is 7.83. The lowest BCUT2D eigenvalue weighted by atomic mass is 9.92. The molecule has 1 aliphatic heterocycles. The molecule has 1 heterocycles. The highest BCUT2D eigenvalue weighted by Gasteiger charge is 2.29. The molecular weight excluding hydrogens is 482 g/mol. The third-order valence-electron chi connectivity index (χ3n) is 6.06. The second-order valence-electron chi connectivity index (χ2n) is 8.63. The SMILES string of the molecule is CO[C@H]1CCCC2=C(N)C(=O)C=C(NC(=O)/C(C)=C/C=C\[C@H](OC)[C@@H](OC(N)=O)/C(C)=C/CC1=O)C2=O. The van der Waals surface area contributed by atoms with Crippen LogP contribution in [0.25, 0.3) is 0 Å². The molecule has 1 aliphatic carbocycles. The van der Waals surface area contributed by atoms with E-state index < -0.39 is 41.9 Å². The van der Waals surface area contributed by atoms with Crippen LogP contribution < -0.4 is 16.8 Å². The number of primary amides is 1. The summed E-state index contributed by atoms with van der Waals surface area (Å²) >= 11 is 0. The highest BCUT2D eigenvalue weighted by molar-refractivity contribution is 6.23. The Hall–Kier alpha value is -3.83. The van der Waals surface area contributed by atoms with Crippen LogP contribution in [0.15, 0.2) is 58.5 Å². The molecule has 2 rings (SSSR count). The van der Waals surface area contributed by atoms with Crippen LogP contribution in [0, 0.1) is 0 Å². The molecule has 0 aromatic rings. The summed E-state index contributed by atoms with van der Waals surface area (Å²) in [5, 5.41) is 2.46. The predicted molar refractivity (Wildman–Crippen MR) is 134 cm³/mol. The molecule has 37 heavy (non-hydrogen) atoms. The molecule has 200 valence electrons. The Bertz CT molecular complexity index is 1110. The van der Waals surface area contributed by atoms with Crippen molar-refractivity contribution in [3.63, 3.8) is 0 Å². The highest BCUT2D eigenvalue weighted by atomic mass is 16.6. The first-order valence-electron chi connectivity index (χ1n) is 11.7. The number of ketones is 3. The van der Waals surface area contributed by atoms with Crippen LogP contribution in [0.2, 0.25) is 0 Å². The van der Waals surface area contributed by atoms with Gasteiger partial charge in [-0.05, 0) is 38.7 Å². The smallest absolute Gasteiger partial charge is 0.405 e. The van der Waals surface area contributed by atoms with Crippen molar-refractivity contribution in [1.82, 2.24) is 5.32 Å². The minimum atomic E-state index is -1.02. The van der Waals surface area contributed by atoms with E-state index >= 15 is 0 Å². The number of allylic oxidation sites excluding steroid dienone is 5. The molecule has 0 radical (unpaired) electrons. The molecule has 11 heteroatoms. The van der Waals surface area contributed by atoms with Crippen molar-refractivity contribution >= 4 is 29.4 Å². The molecule has 2 amide bonds. The van der Waals surface area contributed by atoms with E-state index in [4.69, 9.17) is 25.7 Å². The monoisotopic (exact) mass is 515 g/mol. The van der Waals surface area contributed by atoms with E-state index in [0.29, 0.717) is 12.0 Å². The zero-order valence-corrected chi connectivity index (χ0v) is 21.4. The number of nitrogens with one attached hydrogen (secondary N) is 1. The number of amides is 2. The number of methoxy groups -OCH3 is 2. The molecule has 0 saturated carbocycles. The van der Waals surface area contributed by atoms with Crippen molar-refractivity contribution in [2.45, 2.75) is 57.8 Å². The van der Waals surface area contributed by atoms with Crippen molar-refractivity contribution in [2.24, 2.45) is 11.5 Å². The van der Waals surface area contributed by atoms with Crippen LogP contribution in [-0.2, 0) is 33.4 Å². The molecule has 0 spiro atoms. The molecule has 0 fully saturated rings. The molecule has 2 aliphatic rings. The van der Waals surface area contributed by atoms with E-state index in [2.05, 4.69) is 5.32 Å². The fourth-order valence-corrected chi connectivity index (χ4v) is 3.89. The summed E-state index contributed by atoms with van der Waals surface area (Å²) in [5.41, 5.74) is 11.6. The van der Waals surface area contributed by atoms with Gasteiger partial charge >= 0.3 is 6.09 Å². The van der Waals surface area contributed by atoms with Crippen LogP contribution in [0.1, 0.15) is 39.5 Å². The summed E-state index contributed by atoms with van der Waals surface area (Å²) in [6.07, 6.45) is 4.28. The average Bonchev–Trinajstić information content (AvgIpc) is 2.85. The Morgan fingerprint density at radius 2 is 1.81 bits per heavy atom. The standard InChI is InChI=1S/C26H33N3O8/c1-14-11-12-18(30)20(35-3)9-6-8-16-22(27)19(31)13-17(23(16)32)29-25(33)15(2)7-5-10-21(36-4)24(14)37-26(28)34/h5,7,10-11,13,20-21,24H,6,8-9,12,27H2,1-4H3,(H2,28,34)(H,29,33)/b10-5-,14-11+,15-7+/t20-,21-,24-/m0/s1. The number of hydrogen-bond acceptors (Lipinski definition) is 9. The number of nitrogens with two attached hydrogens (primary N) is 2. The fraction of sp³-hybridized carbons (Fsp3) is 0.423. The number of rotatable bonds is 3. The lowest BCUT2D eigenvalue weighted by Gasteiger charge is -2.24. The molecule has 3 atom stereocenters. The van der Waals surface area contributed by atoms with Gasteiger partial charge in [0.05, 0.1) is 11.4 Å². The summed E-state index contributed by atoms with van der Waals surface area (Å²) in [6.45, 7) is 3.19. The maximum absolute atomic E-state index is 13.0. The lowest BCUT2D eigenvalue weighted by Crippen LogP contribution is -2.34. The average molecular weight is 516 g/mol. The van der Waals surface area contributed by atoms with Crippen LogP contribution in [0.4, 0.5) is 4.79 Å². The van der Waals surface area contributed by atoms with Gasteiger partial charge in [-0.25, -0.2) is 4.79 Å². The topological polar surface area (TPSA) is 177 Å². The molecule has 11 nitrogen and oxygen atoms in total. The van der Waals surface area contributed by atoms with Crippen molar-refractivity contribution in [1.29, 1.82) is 0 Å². The molecule has 0 aromatic carbocycles. The zero-order chi connectivity index (χ0) is 27.7. The predicted octanol–water partition coefficient (Wildman–Crippen LogP) is 1.44. The van der Waals surface area contributed by atoms with E-state index in [-0.39, 0.29) is 47.6 Å². The van der Waals surface area contributed by atoms with E-state index in [0.717, 1.165) is 6.08 Å². The molecular formula is C26H33N3O8. The second-order valence-corrected chi connectivity index (χ2v) is 8.63. The summed E-state index contributed by atoms with van der Waals surface area (Å²) < 4.78 is 16.0. The van der Waals surface area contributed by atoms with E-state index in [1.807, 2.05) is 0 Å². The number of Topliss-reactive ketones (excluding diaryl/α,β-unsaturated/α-hetero) is 2. The lowest BCUT2D eigenvalue weighted by molar-refractivity contribution is -0.128. The first kappa shape index (κ1) is 29.4.